The van der Waals surface area contributed by atoms with Crippen LogP contribution in [0, 0.1) is 11.8 Å². The van der Waals surface area contributed by atoms with Crippen LogP contribution in [0.2, 0.25) is 0 Å². The molecular weight excluding hydrogens is 553 g/mol. The van der Waals surface area contributed by atoms with Gasteiger partial charge in [-0.3, -0.25) is 4.57 Å². The fourth-order valence-corrected chi connectivity index (χ4v) is 6.40. The number of ether oxygens (including phenoxy) is 1. The van der Waals surface area contributed by atoms with Crippen LogP contribution in [0.25, 0.3) is 11.2 Å². The quantitative estimate of drug-likeness (QED) is 0.0815. The van der Waals surface area contributed by atoms with E-state index in [-0.39, 0.29) is 12.5 Å². The highest BCUT2D eigenvalue weighted by Crippen LogP contribution is 2.42. The summed E-state index contributed by atoms with van der Waals surface area (Å²) < 4.78 is 26.1. The molecule has 0 aliphatic heterocycles. The first-order valence-corrected chi connectivity index (χ1v) is 18.2. The van der Waals surface area contributed by atoms with Crippen LogP contribution in [-0.2, 0) is 20.4 Å². The molecule has 1 unspecified atom stereocenters. The Hall–Kier alpha value is -2.37. The van der Waals surface area contributed by atoms with Gasteiger partial charge in [-0.2, -0.15) is 11.8 Å². The Morgan fingerprint density at radius 2 is 1.68 bits per heavy atom. The van der Waals surface area contributed by atoms with Gasteiger partial charge in [0.1, 0.15) is 18.2 Å². The number of hydrogen-bond acceptors (Lipinski definition) is 8. The second-order valence-electron chi connectivity index (χ2n) is 10.5. The van der Waals surface area contributed by atoms with E-state index in [9.17, 15) is 4.57 Å². The molecule has 0 saturated heterocycles. The van der Waals surface area contributed by atoms with Gasteiger partial charge < -0.3 is 19.6 Å². The smallest absolute Gasteiger partial charge is 0.225 e. The molecule has 2 aromatic heterocycles. The number of benzene rings is 1. The van der Waals surface area contributed by atoms with E-state index < -0.39 is 7.37 Å². The summed E-state index contributed by atoms with van der Waals surface area (Å²) in [5.74, 6) is 9.09. The molecule has 0 aliphatic rings. The van der Waals surface area contributed by atoms with Crippen molar-refractivity contribution >= 4 is 36.1 Å². The number of thioether (sulfide) groups is 1. The third-order valence-corrected chi connectivity index (χ3v) is 9.12. The van der Waals surface area contributed by atoms with Crippen LogP contribution in [0.5, 0.6) is 0 Å². The zero-order chi connectivity index (χ0) is 29.2. The van der Waals surface area contributed by atoms with E-state index in [0.29, 0.717) is 30.1 Å². The molecule has 1 aromatic carbocycles. The molecule has 0 saturated carbocycles. The zero-order valence-corrected chi connectivity index (χ0v) is 26.4. The van der Waals surface area contributed by atoms with Crippen LogP contribution >= 0.6 is 19.1 Å². The molecule has 0 amide bonds. The summed E-state index contributed by atoms with van der Waals surface area (Å²) in [6, 6.07) is 10.2. The predicted octanol–water partition coefficient (Wildman–Crippen LogP) is 7.38. The molecule has 8 nitrogen and oxygen atoms in total. The second-order valence-corrected chi connectivity index (χ2v) is 14.3. The number of nitrogen functional groups attached to an aromatic ring is 1. The summed E-state index contributed by atoms with van der Waals surface area (Å²) in [6.45, 7) is 4.60. The minimum absolute atomic E-state index is 0.0907. The van der Waals surface area contributed by atoms with Crippen molar-refractivity contribution in [1.29, 1.82) is 0 Å². The van der Waals surface area contributed by atoms with Crippen molar-refractivity contribution in [3.63, 3.8) is 0 Å². The van der Waals surface area contributed by atoms with Gasteiger partial charge in [-0.15, -0.1) is 0 Å². The van der Waals surface area contributed by atoms with Gasteiger partial charge in [-0.1, -0.05) is 68.6 Å². The molecule has 0 fully saturated rings. The number of aromatic nitrogens is 4. The normalized spacial score (nSPS) is 13.5. The Morgan fingerprint density at radius 3 is 2.46 bits per heavy atom. The summed E-state index contributed by atoms with van der Waals surface area (Å²) in [4.78, 5) is 12.5. The molecule has 0 bridgehead atoms. The first-order valence-electron chi connectivity index (χ1n) is 14.8. The minimum Gasteiger partial charge on any atom is -0.382 e. The lowest BCUT2D eigenvalue weighted by Crippen LogP contribution is -2.17. The van der Waals surface area contributed by atoms with Crippen molar-refractivity contribution in [2.24, 2.45) is 0 Å². The maximum Gasteiger partial charge on any atom is 0.225 e. The van der Waals surface area contributed by atoms with Crippen LogP contribution in [0.4, 0.5) is 5.82 Å². The molecule has 0 aliphatic carbocycles. The highest BCUT2D eigenvalue weighted by atomic mass is 32.2. The lowest BCUT2D eigenvalue weighted by atomic mass is 10.1. The summed E-state index contributed by atoms with van der Waals surface area (Å²) >= 11 is 1.96. The molecule has 10 heteroatoms. The monoisotopic (exact) mass is 599 g/mol. The number of nitrogens with zero attached hydrogens (tertiary/aromatic N) is 4. The Balaban J connectivity index is 1.10. The summed E-state index contributed by atoms with van der Waals surface area (Å²) in [7, 11) is -2.80. The third kappa shape index (κ3) is 13.4. The summed E-state index contributed by atoms with van der Waals surface area (Å²) in [5, 5.41) is 0. The zero-order valence-electron chi connectivity index (χ0n) is 24.7. The van der Waals surface area contributed by atoms with Gasteiger partial charge in [0.2, 0.25) is 7.37 Å². The van der Waals surface area contributed by atoms with Crippen LogP contribution in [0.15, 0.2) is 43.0 Å². The number of anilines is 1. The minimum atomic E-state index is -2.80. The van der Waals surface area contributed by atoms with E-state index in [4.69, 9.17) is 15.0 Å². The maximum atomic E-state index is 12.8. The molecular formula is C31H46N5O3PS. The van der Waals surface area contributed by atoms with E-state index in [1.807, 2.05) is 41.5 Å². The van der Waals surface area contributed by atoms with E-state index in [1.165, 1.54) is 63.4 Å². The fourth-order valence-electron chi connectivity index (χ4n) is 4.35. The Morgan fingerprint density at radius 1 is 0.976 bits per heavy atom. The van der Waals surface area contributed by atoms with Crippen LogP contribution in [-0.4, -0.2) is 56.7 Å². The molecule has 0 spiro atoms. The first kappa shape index (κ1) is 33.1. The SMILES string of the molecule is C[C@H](Cn1cnc2c(N)ncnc21)OCP(C)(=O)OCCCSCCCCCCCCCCC#Cc1ccccc1. The van der Waals surface area contributed by atoms with Crippen molar-refractivity contribution in [3.8, 4) is 11.8 Å². The van der Waals surface area contributed by atoms with E-state index in [1.54, 1.807) is 13.0 Å². The molecule has 224 valence electrons. The second kappa shape index (κ2) is 18.9. The molecule has 41 heavy (non-hydrogen) atoms. The summed E-state index contributed by atoms with van der Waals surface area (Å²) in [6.07, 6.45) is 15.3. The Bertz CT molecular complexity index is 1260. The number of imidazole rings is 1. The number of unbranched alkanes of at least 4 members (excludes halogenated alkanes) is 8. The largest absolute Gasteiger partial charge is 0.382 e. The van der Waals surface area contributed by atoms with Gasteiger partial charge in [-0.25, -0.2) is 15.0 Å². The molecule has 3 aromatic rings. The average molecular weight is 600 g/mol. The van der Waals surface area contributed by atoms with Gasteiger partial charge in [0.15, 0.2) is 11.5 Å². The van der Waals surface area contributed by atoms with Crippen LogP contribution < -0.4 is 5.73 Å². The highest BCUT2D eigenvalue weighted by Gasteiger charge is 2.19. The topological polar surface area (TPSA) is 105 Å². The number of nitrogens with two attached hydrogens (primary N) is 1. The van der Waals surface area contributed by atoms with Gasteiger partial charge in [0.05, 0.1) is 25.6 Å². The van der Waals surface area contributed by atoms with Crippen molar-refractivity contribution in [2.75, 3.05) is 36.9 Å². The molecule has 0 radical (unpaired) electrons. The molecule has 2 heterocycles. The number of rotatable bonds is 20. The number of fused-ring (bicyclic) bond motifs is 1. The third-order valence-electron chi connectivity index (χ3n) is 6.62. The van der Waals surface area contributed by atoms with E-state index in [0.717, 1.165) is 24.2 Å². The van der Waals surface area contributed by atoms with Crippen molar-refractivity contribution < 1.29 is 13.8 Å². The van der Waals surface area contributed by atoms with E-state index in [2.05, 4.69) is 38.9 Å². The lowest BCUT2D eigenvalue weighted by Gasteiger charge is -2.18. The van der Waals surface area contributed by atoms with Crippen LogP contribution in [0.3, 0.4) is 0 Å². The van der Waals surface area contributed by atoms with Gasteiger partial charge >= 0.3 is 0 Å². The van der Waals surface area contributed by atoms with Crippen molar-refractivity contribution in [2.45, 2.75) is 83.8 Å². The Kier molecular flexibility index (Phi) is 15.3. The molecule has 2 atom stereocenters. The highest BCUT2D eigenvalue weighted by molar-refractivity contribution is 7.99. The maximum absolute atomic E-state index is 12.8. The summed E-state index contributed by atoms with van der Waals surface area (Å²) in [5.41, 5.74) is 8.19. The molecule has 3 rings (SSSR count). The van der Waals surface area contributed by atoms with Gasteiger partial charge in [0, 0.05) is 18.6 Å². The van der Waals surface area contributed by atoms with Crippen molar-refractivity contribution in [3.05, 3.63) is 48.5 Å². The lowest BCUT2D eigenvalue weighted by molar-refractivity contribution is 0.0801. The Labute approximate surface area is 250 Å². The first-order chi connectivity index (χ1) is 19.9. The number of hydrogen-bond donors (Lipinski definition) is 1. The van der Waals surface area contributed by atoms with Gasteiger partial charge in [0.25, 0.3) is 0 Å². The van der Waals surface area contributed by atoms with E-state index >= 15 is 0 Å². The van der Waals surface area contributed by atoms with Gasteiger partial charge in [-0.05, 0) is 49.8 Å². The van der Waals surface area contributed by atoms with Crippen LogP contribution in [0.1, 0.15) is 76.7 Å². The molecule has 2 N–H and O–H groups in total. The average Bonchev–Trinajstić information content (AvgIpc) is 3.38. The van der Waals surface area contributed by atoms with Crippen molar-refractivity contribution in [1.82, 2.24) is 19.5 Å². The standard InChI is InChI=1S/C31H46N5O3PS/c1-27(23-36-25-35-29-30(32)33-24-34-31(29)36)38-26-40(2,37)39-20-16-22-41-21-15-10-8-6-4-3-5-7-9-12-17-28-18-13-11-14-19-28/h11,13-14,18-19,24-25,27H,3-10,15-16,20-23,26H2,1-2H3,(H2,32,33,34)/t27-,40?/m1/s1. The fraction of sp³-hybridized carbons (Fsp3) is 0.581. The predicted molar refractivity (Wildman–Crippen MR) is 171 cm³/mol.